The van der Waals surface area contributed by atoms with Crippen LogP contribution in [0.25, 0.3) is 11.7 Å². The summed E-state index contributed by atoms with van der Waals surface area (Å²) in [4.78, 5) is 11.1. The fourth-order valence-electron chi connectivity index (χ4n) is 2.66. The molecule has 1 N–H and O–H groups in total. The maximum atomic E-state index is 5.54. The molecule has 0 aliphatic carbocycles. The number of aryl methyl sites for hydroxylation is 2. The van der Waals surface area contributed by atoms with E-state index in [1.165, 1.54) is 0 Å². The summed E-state index contributed by atoms with van der Waals surface area (Å²) in [5.74, 6) is 2.23. The van der Waals surface area contributed by atoms with Crippen LogP contribution in [0.3, 0.4) is 0 Å². The highest BCUT2D eigenvalue weighted by atomic mass is 16.5. The molecule has 1 aliphatic heterocycles. The Labute approximate surface area is 123 Å². The summed E-state index contributed by atoms with van der Waals surface area (Å²) in [5.41, 5.74) is 0.495. The number of rotatable bonds is 3. The molecule has 0 aromatic carbocycles. The first-order chi connectivity index (χ1) is 9.98. The van der Waals surface area contributed by atoms with Gasteiger partial charge in [-0.25, -0.2) is 4.98 Å². The third kappa shape index (κ3) is 2.58. The Kier molecular flexibility index (Phi) is 3.54. The van der Waals surface area contributed by atoms with Crippen molar-refractivity contribution in [3.8, 4) is 11.7 Å². The highest BCUT2D eigenvalue weighted by Crippen LogP contribution is 2.29. The van der Waals surface area contributed by atoms with Crippen LogP contribution in [0.5, 0.6) is 0 Å². The summed E-state index contributed by atoms with van der Waals surface area (Å²) in [6.07, 6.45) is 0. The number of piperazine rings is 1. The summed E-state index contributed by atoms with van der Waals surface area (Å²) in [6, 6.07) is 0. The summed E-state index contributed by atoms with van der Waals surface area (Å²) in [6.45, 7) is 11.8. The van der Waals surface area contributed by atoms with Gasteiger partial charge < -0.3 is 14.3 Å². The zero-order valence-electron chi connectivity index (χ0n) is 12.9. The Morgan fingerprint density at radius 1 is 1.14 bits per heavy atom. The van der Waals surface area contributed by atoms with Crippen molar-refractivity contribution in [2.24, 2.45) is 0 Å². The van der Waals surface area contributed by atoms with Crippen molar-refractivity contribution < 1.29 is 8.94 Å². The molecule has 3 rings (SSSR count). The highest BCUT2D eigenvalue weighted by molar-refractivity contribution is 5.47. The number of oxazole rings is 1. The van der Waals surface area contributed by atoms with Crippen molar-refractivity contribution in [3.63, 3.8) is 0 Å². The van der Waals surface area contributed by atoms with E-state index < -0.39 is 0 Å². The maximum absolute atomic E-state index is 5.54. The molecule has 0 atom stereocenters. The molecule has 1 fully saturated rings. The molecular formula is C14H21N5O2. The molecule has 7 nitrogen and oxygen atoms in total. The quantitative estimate of drug-likeness (QED) is 0.917. The van der Waals surface area contributed by atoms with Gasteiger partial charge in [0, 0.05) is 33.1 Å². The fraction of sp³-hybridized carbons (Fsp3) is 0.643. The Morgan fingerprint density at radius 2 is 1.86 bits per heavy atom. The number of hydrogen-bond donors (Lipinski definition) is 1. The zero-order chi connectivity index (χ0) is 15.0. The van der Waals surface area contributed by atoms with Crippen molar-refractivity contribution in [1.82, 2.24) is 25.3 Å². The van der Waals surface area contributed by atoms with E-state index in [0.717, 1.165) is 31.9 Å². The predicted octanol–water partition coefficient (Wildman–Crippen LogP) is 1.48. The molecule has 0 bridgehead atoms. The number of hydrogen-bond acceptors (Lipinski definition) is 7. The fourth-order valence-corrected chi connectivity index (χ4v) is 2.66. The van der Waals surface area contributed by atoms with Crippen molar-refractivity contribution in [2.45, 2.75) is 33.2 Å². The first kappa shape index (κ1) is 14.2. The van der Waals surface area contributed by atoms with E-state index in [4.69, 9.17) is 8.94 Å². The zero-order valence-corrected chi connectivity index (χ0v) is 12.9. The molecule has 114 valence electrons. The minimum Gasteiger partial charge on any atom is -0.436 e. The lowest BCUT2D eigenvalue weighted by Gasteiger charge is -2.38. The van der Waals surface area contributed by atoms with Gasteiger partial charge in [0.15, 0.2) is 11.7 Å². The van der Waals surface area contributed by atoms with E-state index in [-0.39, 0.29) is 5.54 Å². The molecule has 21 heavy (non-hydrogen) atoms. The Hall–Kier alpha value is -1.73. The summed E-state index contributed by atoms with van der Waals surface area (Å²) in [7, 11) is 0. The smallest absolute Gasteiger partial charge is 0.295 e. The largest absolute Gasteiger partial charge is 0.436 e. The third-order valence-corrected chi connectivity index (χ3v) is 3.98. The molecule has 0 spiro atoms. The second-order valence-corrected chi connectivity index (χ2v) is 5.87. The van der Waals surface area contributed by atoms with Crippen LogP contribution in [0.1, 0.15) is 31.3 Å². The lowest BCUT2D eigenvalue weighted by molar-refractivity contribution is 0.0924. The molecule has 2 aromatic heterocycles. The SMILES string of the molecule is Cc1nc(C)c(-c2nc(C(C)(C)N3CCNCC3)no2)o1. The van der Waals surface area contributed by atoms with Crippen molar-refractivity contribution in [2.75, 3.05) is 26.2 Å². The van der Waals surface area contributed by atoms with Gasteiger partial charge in [0.1, 0.15) is 0 Å². The van der Waals surface area contributed by atoms with Crippen LogP contribution in [0.4, 0.5) is 0 Å². The van der Waals surface area contributed by atoms with Crippen LogP contribution in [-0.4, -0.2) is 46.2 Å². The van der Waals surface area contributed by atoms with Crippen molar-refractivity contribution >= 4 is 0 Å². The van der Waals surface area contributed by atoms with Crippen LogP contribution < -0.4 is 5.32 Å². The number of nitrogens with zero attached hydrogens (tertiary/aromatic N) is 4. The minimum atomic E-state index is -0.271. The molecule has 0 radical (unpaired) electrons. The molecule has 7 heteroatoms. The highest BCUT2D eigenvalue weighted by Gasteiger charge is 2.35. The molecule has 1 saturated heterocycles. The van der Waals surface area contributed by atoms with E-state index >= 15 is 0 Å². The van der Waals surface area contributed by atoms with Crippen LogP contribution >= 0.6 is 0 Å². The van der Waals surface area contributed by atoms with Gasteiger partial charge in [0.05, 0.1) is 11.2 Å². The molecule has 2 aromatic rings. The van der Waals surface area contributed by atoms with Crippen LogP contribution in [0, 0.1) is 13.8 Å². The van der Waals surface area contributed by atoms with Crippen LogP contribution in [-0.2, 0) is 5.54 Å². The molecule has 0 unspecified atom stereocenters. The summed E-state index contributed by atoms with van der Waals surface area (Å²) < 4.78 is 10.9. The molecule has 0 amide bonds. The normalized spacial score (nSPS) is 17.3. The van der Waals surface area contributed by atoms with Gasteiger partial charge in [-0.15, -0.1) is 0 Å². The van der Waals surface area contributed by atoms with Gasteiger partial charge in [0.25, 0.3) is 5.89 Å². The predicted molar refractivity (Wildman–Crippen MR) is 76.7 cm³/mol. The lowest BCUT2D eigenvalue weighted by atomic mass is 10.0. The van der Waals surface area contributed by atoms with Crippen LogP contribution in [0.2, 0.25) is 0 Å². The van der Waals surface area contributed by atoms with E-state index in [1.54, 1.807) is 6.92 Å². The van der Waals surface area contributed by atoms with E-state index in [0.29, 0.717) is 23.4 Å². The van der Waals surface area contributed by atoms with Gasteiger partial charge in [0.2, 0.25) is 5.76 Å². The van der Waals surface area contributed by atoms with Gasteiger partial charge in [-0.3, -0.25) is 4.90 Å². The maximum Gasteiger partial charge on any atom is 0.295 e. The van der Waals surface area contributed by atoms with E-state index in [9.17, 15) is 0 Å². The van der Waals surface area contributed by atoms with E-state index in [2.05, 4.69) is 39.2 Å². The van der Waals surface area contributed by atoms with Gasteiger partial charge in [-0.1, -0.05) is 5.16 Å². The second-order valence-electron chi connectivity index (χ2n) is 5.87. The molecule has 3 heterocycles. The first-order valence-electron chi connectivity index (χ1n) is 7.23. The first-order valence-corrected chi connectivity index (χ1v) is 7.23. The van der Waals surface area contributed by atoms with Gasteiger partial charge >= 0.3 is 0 Å². The van der Waals surface area contributed by atoms with Crippen molar-refractivity contribution in [3.05, 3.63) is 17.4 Å². The Balaban J connectivity index is 1.88. The summed E-state index contributed by atoms with van der Waals surface area (Å²) >= 11 is 0. The lowest BCUT2D eigenvalue weighted by Crippen LogP contribution is -2.52. The Bertz CT molecular complexity index is 625. The van der Waals surface area contributed by atoms with Gasteiger partial charge in [-0.05, 0) is 20.8 Å². The molecule has 0 saturated carbocycles. The van der Waals surface area contributed by atoms with Gasteiger partial charge in [-0.2, -0.15) is 4.98 Å². The topological polar surface area (TPSA) is 80.2 Å². The number of aromatic nitrogens is 3. The van der Waals surface area contributed by atoms with Crippen LogP contribution in [0.15, 0.2) is 8.94 Å². The third-order valence-electron chi connectivity index (χ3n) is 3.98. The summed E-state index contributed by atoms with van der Waals surface area (Å²) in [5, 5.41) is 7.50. The standard InChI is InChI=1S/C14H21N5O2/c1-9-11(20-10(2)16-9)12-17-13(18-21-12)14(3,4)19-7-5-15-6-8-19/h15H,5-8H2,1-4H3. The van der Waals surface area contributed by atoms with Crippen molar-refractivity contribution in [1.29, 1.82) is 0 Å². The molecular weight excluding hydrogens is 270 g/mol. The average molecular weight is 291 g/mol. The monoisotopic (exact) mass is 291 g/mol. The Morgan fingerprint density at radius 3 is 2.48 bits per heavy atom. The van der Waals surface area contributed by atoms with E-state index in [1.807, 2.05) is 6.92 Å². The number of nitrogens with one attached hydrogen (secondary N) is 1. The minimum absolute atomic E-state index is 0.271. The average Bonchev–Trinajstić information content (AvgIpc) is 3.06. The molecule has 1 aliphatic rings. The second kappa shape index (κ2) is 5.23.